The molecule has 0 aliphatic heterocycles. The van der Waals surface area contributed by atoms with E-state index in [1.165, 1.54) is 89.0 Å². The zero-order chi connectivity index (χ0) is 41.5. The van der Waals surface area contributed by atoms with Gasteiger partial charge in [0, 0.05) is 32.4 Å². The second-order valence-electron chi connectivity index (χ2n) is 18.4. The topological polar surface area (TPSA) is 26.3 Å². The Kier molecular flexibility index (Phi) is 7.16. The molecule has 9 aromatic carbocycles. The van der Waals surface area contributed by atoms with Crippen molar-refractivity contribution in [2.45, 2.75) is 38.5 Å². The standard InChI is InChI=1S/C60H42O2/c1-59(2)47-33-39(37-25-29-51-45(31-37)41-19-11-13-21-49(41)61-51)23-27-43(47)55-56-44-28-24-40(38-26-30-52-46(32-38)42-20-12-14-22-50(42)62-52)34-48(44)60(3,4)58(56)54(36-17-9-6-10-18-36)53(57(55)59)35-15-7-5-8-16-35/h5-34H,1-4H3. The lowest BCUT2D eigenvalue weighted by Crippen LogP contribution is -2.20. The lowest BCUT2D eigenvalue weighted by atomic mass is 9.71. The predicted octanol–water partition coefficient (Wildman–Crippen LogP) is 16.8. The van der Waals surface area contributed by atoms with Crippen LogP contribution >= 0.6 is 0 Å². The van der Waals surface area contributed by atoms with E-state index in [1.54, 1.807) is 0 Å². The summed E-state index contributed by atoms with van der Waals surface area (Å²) < 4.78 is 12.5. The summed E-state index contributed by atoms with van der Waals surface area (Å²) in [6.45, 7) is 9.78. The molecule has 62 heavy (non-hydrogen) atoms. The molecule has 2 aliphatic rings. The molecule has 0 fully saturated rings. The first-order chi connectivity index (χ1) is 30.3. The third-order valence-electron chi connectivity index (χ3n) is 14.2. The number of para-hydroxylation sites is 2. The van der Waals surface area contributed by atoms with Crippen LogP contribution in [0.15, 0.2) is 191 Å². The van der Waals surface area contributed by atoms with Gasteiger partial charge in [-0.15, -0.1) is 0 Å². The first-order valence-electron chi connectivity index (χ1n) is 21.7. The Morgan fingerprint density at radius 3 is 1.08 bits per heavy atom. The van der Waals surface area contributed by atoms with E-state index < -0.39 is 0 Å². The molecule has 294 valence electrons. The minimum atomic E-state index is -0.313. The molecule has 2 aromatic heterocycles. The van der Waals surface area contributed by atoms with Gasteiger partial charge in [-0.1, -0.05) is 161 Å². The highest BCUT2D eigenvalue weighted by atomic mass is 16.3. The van der Waals surface area contributed by atoms with Gasteiger partial charge in [-0.3, -0.25) is 0 Å². The summed E-state index contributed by atoms with van der Waals surface area (Å²) in [7, 11) is 0. The average molecular weight is 795 g/mol. The largest absolute Gasteiger partial charge is 0.456 e. The summed E-state index contributed by atoms with van der Waals surface area (Å²) in [5, 5.41) is 4.59. The van der Waals surface area contributed by atoms with Crippen molar-refractivity contribution in [1.82, 2.24) is 0 Å². The van der Waals surface area contributed by atoms with Gasteiger partial charge < -0.3 is 8.83 Å². The molecule has 0 saturated heterocycles. The molecule has 11 aromatic rings. The third kappa shape index (κ3) is 4.81. The fourth-order valence-corrected chi connectivity index (χ4v) is 11.3. The Hall–Kier alpha value is -7.42. The quantitative estimate of drug-likeness (QED) is 0.177. The zero-order valence-corrected chi connectivity index (χ0v) is 35.1. The molecule has 2 heteroatoms. The van der Waals surface area contributed by atoms with Crippen LogP contribution in [0.2, 0.25) is 0 Å². The summed E-state index contributed by atoms with van der Waals surface area (Å²) in [5.41, 5.74) is 23.9. The maximum Gasteiger partial charge on any atom is 0.135 e. The Bertz CT molecular complexity index is 3430. The van der Waals surface area contributed by atoms with Gasteiger partial charge in [-0.2, -0.15) is 0 Å². The number of fused-ring (bicyclic) bond motifs is 13. The normalized spacial score (nSPS) is 14.4. The van der Waals surface area contributed by atoms with Crippen molar-refractivity contribution in [3.63, 3.8) is 0 Å². The highest BCUT2D eigenvalue weighted by Crippen LogP contribution is 2.65. The van der Waals surface area contributed by atoms with E-state index in [0.29, 0.717) is 0 Å². The van der Waals surface area contributed by atoms with Gasteiger partial charge in [0.25, 0.3) is 0 Å². The molecular formula is C60H42O2. The number of benzene rings is 9. The first kappa shape index (κ1) is 35.3. The summed E-state index contributed by atoms with van der Waals surface area (Å²) in [5.74, 6) is 0. The highest BCUT2D eigenvalue weighted by molar-refractivity contribution is 6.10. The van der Waals surface area contributed by atoms with E-state index in [1.807, 2.05) is 12.1 Å². The number of rotatable bonds is 4. The molecule has 0 saturated carbocycles. The SMILES string of the molecule is CC1(C)c2cc(-c3ccc4oc5ccccc5c4c3)ccc2-c2c3c(c(-c4ccccc4)c(-c4ccccc4)c21)C(C)(C)c1cc(-c2ccc4oc5ccccc5c4c2)ccc1-3. The van der Waals surface area contributed by atoms with Crippen molar-refractivity contribution in [1.29, 1.82) is 0 Å². The molecule has 0 spiro atoms. The van der Waals surface area contributed by atoms with E-state index in [4.69, 9.17) is 8.83 Å². The molecule has 0 bridgehead atoms. The van der Waals surface area contributed by atoms with Crippen LogP contribution in [0.3, 0.4) is 0 Å². The van der Waals surface area contributed by atoms with Crippen molar-refractivity contribution in [3.05, 3.63) is 204 Å². The van der Waals surface area contributed by atoms with Crippen molar-refractivity contribution in [3.8, 4) is 66.8 Å². The van der Waals surface area contributed by atoms with Crippen LogP contribution in [0.1, 0.15) is 49.9 Å². The lowest BCUT2D eigenvalue weighted by molar-refractivity contribution is 0.654. The molecule has 2 aliphatic carbocycles. The van der Waals surface area contributed by atoms with Gasteiger partial charge in [0.2, 0.25) is 0 Å². The Morgan fingerprint density at radius 1 is 0.290 bits per heavy atom. The van der Waals surface area contributed by atoms with Crippen LogP contribution < -0.4 is 0 Å². The summed E-state index contributed by atoms with van der Waals surface area (Å²) in [6.07, 6.45) is 0. The second-order valence-corrected chi connectivity index (χ2v) is 18.4. The maximum absolute atomic E-state index is 6.24. The fraction of sp³-hybridized carbons (Fsp3) is 0.100. The molecule has 0 amide bonds. The predicted molar refractivity (Wildman–Crippen MR) is 258 cm³/mol. The summed E-state index contributed by atoms with van der Waals surface area (Å²) >= 11 is 0. The summed E-state index contributed by atoms with van der Waals surface area (Å²) in [6, 6.07) is 66.7. The minimum Gasteiger partial charge on any atom is -0.456 e. The van der Waals surface area contributed by atoms with Crippen molar-refractivity contribution < 1.29 is 8.83 Å². The van der Waals surface area contributed by atoms with E-state index in [0.717, 1.165) is 43.9 Å². The van der Waals surface area contributed by atoms with Crippen LogP contribution in [0.4, 0.5) is 0 Å². The molecule has 0 atom stereocenters. The maximum atomic E-state index is 6.24. The smallest absolute Gasteiger partial charge is 0.135 e. The lowest BCUT2D eigenvalue weighted by Gasteiger charge is -2.32. The van der Waals surface area contributed by atoms with Crippen LogP contribution in [0.25, 0.3) is 111 Å². The molecule has 2 heterocycles. The third-order valence-corrected chi connectivity index (χ3v) is 14.2. The monoisotopic (exact) mass is 794 g/mol. The molecule has 2 nitrogen and oxygen atoms in total. The molecular weight excluding hydrogens is 753 g/mol. The molecule has 0 radical (unpaired) electrons. The Labute approximate surface area is 360 Å². The first-order valence-corrected chi connectivity index (χ1v) is 21.7. The number of furan rings is 2. The Balaban J connectivity index is 1.08. The second kappa shape index (κ2) is 12.6. The molecule has 0 unspecified atom stereocenters. The van der Waals surface area contributed by atoms with Crippen LogP contribution in [0, 0.1) is 0 Å². The van der Waals surface area contributed by atoms with Crippen LogP contribution in [0.5, 0.6) is 0 Å². The van der Waals surface area contributed by atoms with Crippen LogP contribution in [-0.2, 0) is 10.8 Å². The molecule has 13 rings (SSSR count). The van der Waals surface area contributed by atoms with Crippen molar-refractivity contribution in [2.75, 3.05) is 0 Å². The zero-order valence-electron chi connectivity index (χ0n) is 35.1. The van der Waals surface area contributed by atoms with Crippen molar-refractivity contribution >= 4 is 43.9 Å². The number of hydrogen-bond acceptors (Lipinski definition) is 2. The van der Waals surface area contributed by atoms with E-state index in [9.17, 15) is 0 Å². The van der Waals surface area contributed by atoms with E-state index in [-0.39, 0.29) is 10.8 Å². The average Bonchev–Trinajstić information content (AvgIpc) is 4.01. The van der Waals surface area contributed by atoms with E-state index in [2.05, 4.69) is 198 Å². The fourth-order valence-electron chi connectivity index (χ4n) is 11.3. The van der Waals surface area contributed by atoms with Gasteiger partial charge in [-0.05, 0) is 138 Å². The van der Waals surface area contributed by atoms with Crippen LogP contribution in [-0.4, -0.2) is 0 Å². The van der Waals surface area contributed by atoms with Gasteiger partial charge in [-0.25, -0.2) is 0 Å². The molecule has 0 N–H and O–H groups in total. The van der Waals surface area contributed by atoms with Gasteiger partial charge in [0.1, 0.15) is 22.3 Å². The highest BCUT2D eigenvalue weighted by Gasteiger charge is 2.48. The Morgan fingerprint density at radius 2 is 0.645 bits per heavy atom. The van der Waals surface area contributed by atoms with Gasteiger partial charge in [0.05, 0.1) is 0 Å². The number of hydrogen-bond donors (Lipinski definition) is 0. The van der Waals surface area contributed by atoms with Gasteiger partial charge in [0.15, 0.2) is 0 Å². The summed E-state index contributed by atoms with van der Waals surface area (Å²) in [4.78, 5) is 0. The van der Waals surface area contributed by atoms with Crippen molar-refractivity contribution in [2.24, 2.45) is 0 Å². The minimum absolute atomic E-state index is 0.313. The van der Waals surface area contributed by atoms with Gasteiger partial charge >= 0.3 is 0 Å². The van der Waals surface area contributed by atoms with E-state index >= 15 is 0 Å².